The number of Topliss-reactive ketones (excluding diaryl/α,β-unsaturated/α-hetero) is 1. The van der Waals surface area contributed by atoms with Gasteiger partial charge in [0, 0.05) is 6.42 Å². The van der Waals surface area contributed by atoms with Crippen LogP contribution in [-0.2, 0) is 11.2 Å². The van der Waals surface area contributed by atoms with Gasteiger partial charge in [0.25, 0.3) is 0 Å². The number of nitrogens with one attached hydrogen (secondary N) is 1. The molecule has 0 spiro atoms. The summed E-state index contributed by atoms with van der Waals surface area (Å²) in [5.74, 6) is 0.487. The van der Waals surface area contributed by atoms with E-state index in [0.29, 0.717) is 12.8 Å². The van der Waals surface area contributed by atoms with E-state index in [-0.39, 0.29) is 17.6 Å². The van der Waals surface area contributed by atoms with Crippen LogP contribution in [0.5, 0.6) is 5.75 Å². The predicted octanol–water partition coefficient (Wildman–Crippen LogP) is 2.92. The Balaban J connectivity index is 0.00000137. The molecule has 1 aromatic carbocycles. The van der Waals surface area contributed by atoms with Crippen LogP contribution in [0.3, 0.4) is 0 Å². The summed E-state index contributed by atoms with van der Waals surface area (Å²) in [6, 6.07) is 6.88. The lowest BCUT2D eigenvalue weighted by Crippen LogP contribution is -2.38. The summed E-state index contributed by atoms with van der Waals surface area (Å²) in [5.41, 5.74) is 1.06. The Labute approximate surface area is 110 Å². The number of likely N-dealkylation sites (N-methyl/N-ethyl adjacent to an activating group) is 1. The molecule has 1 aromatic rings. The topological polar surface area (TPSA) is 49.3 Å². The third-order valence-electron chi connectivity index (χ3n) is 2.56. The Morgan fingerprint density at radius 1 is 1.22 bits per heavy atom. The van der Waals surface area contributed by atoms with Crippen LogP contribution in [0.4, 0.5) is 0 Å². The summed E-state index contributed by atoms with van der Waals surface area (Å²) in [7, 11) is 0. The van der Waals surface area contributed by atoms with E-state index < -0.39 is 0 Å². The Morgan fingerprint density at radius 3 is 2.22 bits per heavy atom. The first-order chi connectivity index (χ1) is 8.67. The first-order valence-corrected chi connectivity index (χ1v) is 6.71. The Bertz CT molecular complexity index is 333. The highest BCUT2D eigenvalue weighted by molar-refractivity contribution is 5.84. The van der Waals surface area contributed by atoms with E-state index in [1.54, 1.807) is 12.1 Å². The number of carbonyl (C=O) groups is 1. The molecule has 18 heavy (non-hydrogen) atoms. The zero-order valence-electron chi connectivity index (χ0n) is 11.9. The molecule has 0 aliphatic rings. The third kappa shape index (κ3) is 5.82. The smallest absolute Gasteiger partial charge is 0.149 e. The lowest BCUT2D eigenvalue weighted by Gasteiger charge is -2.15. The molecule has 3 nitrogen and oxygen atoms in total. The molecule has 3 heteroatoms. The fourth-order valence-corrected chi connectivity index (χ4v) is 1.66. The minimum atomic E-state index is -0.112. The molecule has 0 bridgehead atoms. The van der Waals surface area contributed by atoms with E-state index in [2.05, 4.69) is 5.32 Å². The van der Waals surface area contributed by atoms with Crippen molar-refractivity contribution >= 4 is 5.78 Å². The molecule has 0 heterocycles. The monoisotopic (exact) mass is 251 g/mol. The molecule has 0 saturated heterocycles. The average molecular weight is 251 g/mol. The first-order valence-electron chi connectivity index (χ1n) is 6.71. The molecule has 0 unspecified atom stereocenters. The van der Waals surface area contributed by atoms with Crippen molar-refractivity contribution in [1.29, 1.82) is 0 Å². The van der Waals surface area contributed by atoms with E-state index >= 15 is 0 Å². The van der Waals surface area contributed by atoms with E-state index in [4.69, 9.17) is 5.11 Å². The van der Waals surface area contributed by atoms with Gasteiger partial charge in [-0.3, -0.25) is 4.79 Å². The lowest BCUT2D eigenvalue weighted by atomic mass is 10.0. The van der Waals surface area contributed by atoms with Crippen LogP contribution in [-0.4, -0.2) is 23.5 Å². The summed E-state index contributed by atoms with van der Waals surface area (Å²) < 4.78 is 0. The molecular weight excluding hydrogens is 226 g/mol. The second kappa shape index (κ2) is 9.66. The fourth-order valence-electron chi connectivity index (χ4n) is 1.66. The molecule has 0 saturated carbocycles. The molecule has 0 radical (unpaired) electrons. The van der Waals surface area contributed by atoms with Crippen LogP contribution in [0.2, 0.25) is 0 Å². The molecule has 1 rings (SSSR count). The van der Waals surface area contributed by atoms with Crippen molar-refractivity contribution in [1.82, 2.24) is 5.32 Å². The molecule has 0 fully saturated rings. The quantitative estimate of drug-likeness (QED) is 0.817. The summed E-state index contributed by atoms with van der Waals surface area (Å²) >= 11 is 0. The van der Waals surface area contributed by atoms with Gasteiger partial charge in [0.2, 0.25) is 0 Å². The average Bonchev–Trinajstić information content (AvgIpc) is 2.42. The van der Waals surface area contributed by atoms with E-state index in [0.717, 1.165) is 12.1 Å². The zero-order chi connectivity index (χ0) is 14.0. The molecule has 0 aliphatic heterocycles. The first kappa shape index (κ1) is 16.6. The highest BCUT2D eigenvalue weighted by atomic mass is 16.3. The maximum Gasteiger partial charge on any atom is 0.149 e. The van der Waals surface area contributed by atoms with E-state index in [9.17, 15) is 4.79 Å². The van der Waals surface area contributed by atoms with E-state index in [1.807, 2.05) is 39.8 Å². The number of phenolic OH excluding ortho intramolecular Hbond substituents is 1. The van der Waals surface area contributed by atoms with Gasteiger partial charge in [0.1, 0.15) is 11.5 Å². The Morgan fingerprint density at radius 2 is 1.78 bits per heavy atom. The van der Waals surface area contributed by atoms with Crippen molar-refractivity contribution in [2.45, 2.75) is 46.6 Å². The van der Waals surface area contributed by atoms with Crippen molar-refractivity contribution < 1.29 is 9.90 Å². The van der Waals surface area contributed by atoms with Crippen LogP contribution in [0, 0.1) is 0 Å². The number of ketones is 1. The van der Waals surface area contributed by atoms with Gasteiger partial charge >= 0.3 is 0 Å². The Hall–Kier alpha value is -1.35. The van der Waals surface area contributed by atoms with Gasteiger partial charge < -0.3 is 10.4 Å². The summed E-state index contributed by atoms with van der Waals surface area (Å²) in [6.07, 6.45) is 1.23. The standard InChI is InChI=1S/C13H19NO2.C2H6/c1-3-13(16)12(14-4-2)9-10-5-7-11(15)8-6-10;1-2/h5-8,12,14-15H,3-4,9H2,1-2H3;1-2H3/t12-;/m1./s1. The van der Waals surface area contributed by atoms with Crippen molar-refractivity contribution in [3.05, 3.63) is 29.8 Å². The minimum Gasteiger partial charge on any atom is -0.508 e. The van der Waals surface area contributed by atoms with Crippen molar-refractivity contribution in [2.75, 3.05) is 6.54 Å². The number of hydrogen-bond acceptors (Lipinski definition) is 3. The molecule has 102 valence electrons. The van der Waals surface area contributed by atoms with Gasteiger partial charge in [0.05, 0.1) is 6.04 Å². The third-order valence-corrected chi connectivity index (χ3v) is 2.56. The summed E-state index contributed by atoms with van der Waals surface area (Å²) in [5, 5.41) is 12.4. The van der Waals surface area contributed by atoms with Gasteiger partial charge in [-0.05, 0) is 30.7 Å². The second-order valence-electron chi connectivity index (χ2n) is 3.80. The zero-order valence-corrected chi connectivity index (χ0v) is 11.9. The normalized spacial score (nSPS) is 11.3. The molecule has 2 N–H and O–H groups in total. The molecule has 0 aromatic heterocycles. The number of hydrogen-bond donors (Lipinski definition) is 2. The van der Waals surface area contributed by atoms with Crippen molar-refractivity contribution in [3.63, 3.8) is 0 Å². The predicted molar refractivity (Wildman–Crippen MR) is 75.9 cm³/mol. The maximum absolute atomic E-state index is 11.7. The van der Waals surface area contributed by atoms with Crippen LogP contribution in [0.15, 0.2) is 24.3 Å². The number of carbonyl (C=O) groups excluding carboxylic acids is 1. The highest BCUT2D eigenvalue weighted by Crippen LogP contribution is 2.12. The van der Waals surface area contributed by atoms with Gasteiger partial charge in [-0.1, -0.05) is 39.8 Å². The summed E-state index contributed by atoms with van der Waals surface area (Å²) in [6.45, 7) is 8.66. The molecular formula is C15H25NO2. The minimum absolute atomic E-state index is 0.112. The maximum atomic E-state index is 11.7. The lowest BCUT2D eigenvalue weighted by molar-refractivity contribution is -0.120. The van der Waals surface area contributed by atoms with Crippen LogP contribution in [0.25, 0.3) is 0 Å². The van der Waals surface area contributed by atoms with Crippen molar-refractivity contribution in [2.24, 2.45) is 0 Å². The summed E-state index contributed by atoms with van der Waals surface area (Å²) in [4.78, 5) is 11.7. The van der Waals surface area contributed by atoms with E-state index in [1.165, 1.54) is 0 Å². The van der Waals surface area contributed by atoms with Crippen LogP contribution >= 0.6 is 0 Å². The van der Waals surface area contributed by atoms with Gasteiger partial charge in [-0.15, -0.1) is 0 Å². The molecule has 1 atom stereocenters. The number of aromatic hydroxyl groups is 1. The SMILES string of the molecule is CC.CCN[C@H](Cc1ccc(O)cc1)C(=O)CC. The number of rotatable bonds is 6. The van der Waals surface area contributed by atoms with Crippen LogP contribution < -0.4 is 5.32 Å². The van der Waals surface area contributed by atoms with Crippen molar-refractivity contribution in [3.8, 4) is 5.75 Å². The second-order valence-corrected chi connectivity index (χ2v) is 3.80. The highest BCUT2D eigenvalue weighted by Gasteiger charge is 2.15. The Kier molecular flexibility index (Phi) is 8.93. The molecule has 0 aliphatic carbocycles. The van der Waals surface area contributed by atoms with Gasteiger partial charge in [-0.2, -0.15) is 0 Å². The van der Waals surface area contributed by atoms with Gasteiger partial charge in [0.15, 0.2) is 0 Å². The largest absolute Gasteiger partial charge is 0.508 e. The number of phenols is 1. The number of benzene rings is 1. The fraction of sp³-hybridized carbons (Fsp3) is 0.533. The molecule has 0 amide bonds. The van der Waals surface area contributed by atoms with Gasteiger partial charge in [-0.25, -0.2) is 0 Å². The van der Waals surface area contributed by atoms with Crippen LogP contribution in [0.1, 0.15) is 39.7 Å².